The molecule has 0 amide bonds. The summed E-state index contributed by atoms with van der Waals surface area (Å²) in [5, 5.41) is 3.96. The maximum absolute atomic E-state index is 13.9. The molecular formula is C15H18ClFN2S. The number of rotatable bonds is 7. The van der Waals surface area contributed by atoms with Crippen molar-refractivity contribution in [3.63, 3.8) is 0 Å². The Hall–Kier alpha value is -0.970. The van der Waals surface area contributed by atoms with Crippen molar-refractivity contribution < 1.29 is 4.39 Å². The summed E-state index contributed by atoms with van der Waals surface area (Å²) in [5.41, 5.74) is 2.41. The number of hydrogen-bond donors (Lipinski definition) is 1. The van der Waals surface area contributed by atoms with Gasteiger partial charge >= 0.3 is 0 Å². The molecule has 2 rings (SSSR count). The molecule has 0 bridgehead atoms. The highest BCUT2D eigenvalue weighted by Crippen LogP contribution is 2.22. The Labute approximate surface area is 128 Å². The SMILES string of the molecule is CCCNC(Cc1cncs1)Cc1c(F)cccc1Cl. The lowest BCUT2D eigenvalue weighted by Crippen LogP contribution is -2.34. The average Bonchev–Trinajstić information content (AvgIpc) is 2.93. The normalized spacial score (nSPS) is 12.6. The van der Waals surface area contributed by atoms with E-state index in [1.807, 2.05) is 11.7 Å². The number of hydrogen-bond acceptors (Lipinski definition) is 3. The van der Waals surface area contributed by atoms with E-state index < -0.39 is 0 Å². The lowest BCUT2D eigenvalue weighted by Gasteiger charge is -2.19. The highest BCUT2D eigenvalue weighted by molar-refractivity contribution is 7.09. The fraction of sp³-hybridized carbons (Fsp3) is 0.400. The molecule has 0 radical (unpaired) electrons. The van der Waals surface area contributed by atoms with E-state index in [0.29, 0.717) is 17.0 Å². The smallest absolute Gasteiger partial charge is 0.127 e. The fourth-order valence-corrected chi connectivity index (χ4v) is 3.04. The Morgan fingerprint density at radius 3 is 2.90 bits per heavy atom. The van der Waals surface area contributed by atoms with Crippen LogP contribution in [0, 0.1) is 5.82 Å². The third-order valence-corrected chi connectivity index (χ3v) is 4.28. The molecule has 1 atom stereocenters. The van der Waals surface area contributed by atoms with Crippen LogP contribution in [-0.4, -0.2) is 17.6 Å². The van der Waals surface area contributed by atoms with E-state index in [1.54, 1.807) is 23.5 Å². The van der Waals surface area contributed by atoms with Gasteiger partial charge in [0.05, 0.1) is 5.51 Å². The summed E-state index contributed by atoms with van der Waals surface area (Å²) in [6.45, 7) is 3.03. The second-order valence-corrected chi connectivity index (χ2v) is 6.11. The van der Waals surface area contributed by atoms with Gasteiger partial charge in [-0.05, 0) is 37.9 Å². The minimum absolute atomic E-state index is 0.171. The van der Waals surface area contributed by atoms with E-state index in [-0.39, 0.29) is 11.9 Å². The van der Waals surface area contributed by atoms with Crippen molar-refractivity contribution in [2.24, 2.45) is 0 Å². The number of halogens is 2. The number of aromatic nitrogens is 1. The van der Waals surface area contributed by atoms with E-state index in [0.717, 1.165) is 19.4 Å². The first-order valence-electron chi connectivity index (χ1n) is 6.74. The second-order valence-electron chi connectivity index (χ2n) is 4.73. The van der Waals surface area contributed by atoms with E-state index in [1.165, 1.54) is 10.9 Å². The van der Waals surface area contributed by atoms with Crippen LogP contribution in [0.4, 0.5) is 4.39 Å². The zero-order chi connectivity index (χ0) is 14.4. The molecule has 108 valence electrons. The first-order valence-corrected chi connectivity index (χ1v) is 8.00. The monoisotopic (exact) mass is 312 g/mol. The third kappa shape index (κ3) is 4.27. The van der Waals surface area contributed by atoms with Crippen molar-refractivity contribution in [1.82, 2.24) is 10.3 Å². The molecular weight excluding hydrogens is 295 g/mol. The molecule has 1 heterocycles. The molecule has 0 fully saturated rings. The molecule has 20 heavy (non-hydrogen) atoms. The highest BCUT2D eigenvalue weighted by Gasteiger charge is 2.15. The quantitative estimate of drug-likeness (QED) is 0.833. The average molecular weight is 313 g/mol. The van der Waals surface area contributed by atoms with Crippen molar-refractivity contribution >= 4 is 22.9 Å². The predicted molar refractivity (Wildman–Crippen MR) is 83.0 cm³/mol. The van der Waals surface area contributed by atoms with Crippen molar-refractivity contribution in [2.75, 3.05) is 6.54 Å². The lowest BCUT2D eigenvalue weighted by molar-refractivity contribution is 0.494. The number of thiazole rings is 1. The number of nitrogens with zero attached hydrogens (tertiary/aromatic N) is 1. The van der Waals surface area contributed by atoms with Crippen LogP contribution in [-0.2, 0) is 12.8 Å². The minimum atomic E-state index is -0.231. The van der Waals surface area contributed by atoms with Gasteiger partial charge in [0.15, 0.2) is 0 Å². The lowest BCUT2D eigenvalue weighted by atomic mass is 10.0. The van der Waals surface area contributed by atoms with Gasteiger partial charge in [0.25, 0.3) is 0 Å². The third-order valence-electron chi connectivity index (χ3n) is 3.13. The van der Waals surface area contributed by atoms with Crippen molar-refractivity contribution in [2.45, 2.75) is 32.2 Å². The van der Waals surface area contributed by atoms with Crippen LogP contribution in [0.2, 0.25) is 5.02 Å². The second kappa shape index (κ2) is 7.72. The Morgan fingerprint density at radius 1 is 1.40 bits per heavy atom. The number of benzene rings is 1. The molecule has 1 unspecified atom stereocenters. The largest absolute Gasteiger partial charge is 0.313 e. The molecule has 0 aliphatic carbocycles. The zero-order valence-corrected chi connectivity index (χ0v) is 13.0. The molecule has 1 N–H and O–H groups in total. The molecule has 1 aromatic heterocycles. The van der Waals surface area contributed by atoms with Crippen molar-refractivity contribution in [3.05, 3.63) is 51.2 Å². The van der Waals surface area contributed by atoms with Gasteiger partial charge in [0, 0.05) is 27.7 Å². The molecule has 0 saturated heterocycles. The first-order chi connectivity index (χ1) is 9.70. The topological polar surface area (TPSA) is 24.9 Å². The van der Waals surface area contributed by atoms with Crippen LogP contribution in [0.3, 0.4) is 0 Å². The zero-order valence-electron chi connectivity index (χ0n) is 11.4. The van der Waals surface area contributed by atoms with Crippen LogP contribution in [0.25, 0.3) is 0 Å². The fourth-order valence-electron chi connectivity index (χ4n) is 2.12. The molecule has 2 nitrogen and oxygen atoms in total. The highest BCUT2D eigenvalue weighted by atomic mass is 35.5. The molecule has 2 aromatic rings. The molecule has 5 heteroatoms. The van der Waals surface area contributed by atoms with Crippen LogP contribution < -0.4 is 5.32 Å². The van der Waals surface area contributed by atoms with E-state index >= 15 is 0 Å². The standard InChI is InChI=1S/C15H18ClFN2S/c1-2-6-19-11(7-12-9-18-10-20-12)8-13-14(16)4-3-5-15(13)17/h3-5,9-11,19H,2,6-8H2,1H3. The summed E-state index contributed by atoms with van der Waals surface area (Å²) in [6.07, 6.45) is 4.34. The van der Waals surface area contributed by atoms with Gasteiger partial charge in [-0.25, -0.2) is 4.39 Å². The van der Waals surface area contributed by atoms with Gasteiger partial charge in [0.2, 0.25) is 0 Å². The summed E-state index contributed by atoms with van der Waals surface area (Å²) in [4.78, 5) is 5.29. The Morgan fingerprint density at radius 2 is 2.25 bits per heavy atom. The Kier molecular flexibility index (Phi) is 5.95. The van der Waals surface area contributed by atoms with Crippen LogP contribution >= 0.6 is 22.9 Å². The van der Waals surface area contributed by atoms with Crippen molar-refractivity contribution in [1.29, 1.82) is 0 Å². The van der Waals surface area contributed by atoms with Crippen LogP contribution in [0.15, 0.2) is 29.9 Å². The molecule has 0 saturated carbocycles. The van der Waals surface area contributed by atoms with Gasteiger partial charge in [-0.15, -0.1) is 11.3 Å². The van der Waals surface area contributed by atoms with Gasteiger partial charge in [-0.1, -0.05) is 24.6 Å². The Balaban J connectivity index is 2.10. The molecule has 0 aliphatic heterocycles. The maximum Gasteiger partial charge on any atom is 0.127 e. The summed E-state index contributed by atoms with van der Waals surface area (Å²) < 4.78 is 13.9. The summed E-state index contributed by atoms with van der Waals surface area (Å²) >= 11 is 7.74. The van der Waals surface area contributed by atoms with Gasteiger partial charge in [-0.2, -0.15) is 0 Å². The van der Waals surface area contributed by atoms with E-state index in [4.69, 9.17) is 11.6 Å². The Bertz CT molecular complexity index is 510. The summed E-state index contributed by atoms with van der Waals surface area (Å²) in [6, 6.07) is 5.01. The van der Waals surface area contributed by atoms with E-state index in [9.17, 15) is 4.39 Å². The molecule has 0 aliphatic rings. The number of nitrogens with one attached hydrogen (secondary N) is 1. The maximum atomic E-state index is 13.9. The van der Waals surface area contributed by atoms with Gasteiger partial charge in [-0.3, -0.25) is 4.98 Å². The van der Waals surface area contributed by atoms with Crippen molar-refractivity contribution in [3.8, 4) is 0 Å². The summed E-state index contributed by atoms with van der Waals surface area (Å²) in [5.74, 6) is -0.231. The first kappa shape index (κ1) is 15.4. The van der Waals surface area contributed by atoms with Crippen LogP contribution in [0.5, 0.6) is 0 Å². The van der Waals surface area contributed by atoms with Crippen LogP contribution in [0.1, 0.15) is 23.8 Å². The van der Waals surface area contributed by atoms with E-state index in [2.05, 4.69) is 17.2 Å². The minimum Gasteiger partial charge on any atom is -0.313 e. The molecule has 1 aromatic carbocycles. The van der Waals surface area contributed by atoms with Gasteiger partial charge in [0.1, 0.15) is 5.82 Å². The predicted octanol–water partition coefficient (Wildman–Crippen LogP) is 4.09. The molecule has 0 spiro atoms. The summed E-state index contributed by atoms with van der Waals surface area (Å²) in [7, 11) is 0. The van der Waals surface area contributed by atoms with Gasteiger partial charge < -0.3 is 5.32 Å².